The molecule has 0 saturated heterocycles. The first-order valence-electron chi connectivity index (χ1n) is 5.15. The summed E-state index contributed by atoms with van der Waals surface area (Å²) in [7, 11) is 1.41. The van der Waals surface area contributed by atoms with Crippen LogP contribution in [0.4, 0.5) is 0 Å². The Morgan fingerprint density at radius 3 is 2.50 bits per heavy atom. The van der Waals surface area contributed by atoms with Gasteiger partial charge in [0, 0.05) is 0 Å². The molecule has 84 valence electrons. The van der Waals surface area contributed by atoms with E-state index >= 15 is 0 Å². The quantitative estimate of drug-likeness (QED) is 0.746. The Morgan fingerprint density at radius 2 is 2.06 bits per heavy atom. The summed E-state index contributed by atoms with van der Waals surface area (Å²) in [5.41, 5.74) is 0.201. The molecule has 1 aromatic rings. The molecule has 0 amide bonds. The molecule has 0 bridgehead atoms. The van der Waals surface area contributed by atoms with Crippen molar-refractivity contribution in [2.24, 2.45) is 0 Å². The van der Waals surface area contributed by atoms with E-state index in [9.17, 15) is 15.5 Å². The van der Waals surface area contributed by atoms with Gasteiger partial charge in [-0.05, 0) is 37.0 Å². The molecule has 1 aliphatic carbocycles. The molecule has 4 heteroatoms. The first kappa shape index (κ1) is 10.6. The number of nitriles is 1. The second-order valence-corrected chi connectivity index (χ2v) is 4.09. The summed E-state index contributed by atoms with van der Waals surface area (Å²) in [4.78, 5) is 0. The zero-order valence-corrected chi connectivity index (χ0v) is 9.03. The summed E-state index contributed by atoms with van der Waals surface area (Å²) in [5, 5.41) is 28.2. The van der Waals surface area contributed by atoms with Gasteiger partial charge in [0.25, 0.3) is 0 Å². The molecular weight excluding hydrogens is 206 g/mol. The van der Waals surface area contributed by atoms with Crippen LogP contribution in [-0.4, -0.2) is 17.3 Å². The van der Waals surface area contributed by atoms with E-state index in [0.717, 1.165) is 19.3 Å². The monoisotopic (exact) mass is 219 g/mol. The number of hydrogen-bond acceptors (Lipinski definition) is 4. The average Bonchev–Trinajstić information content (AvgIpc) is 2.22. The summed E-state index contributed by atoms with van der Waals surface area (Å²) in [6.07, 6.45) is 2.59. The van der Waals surface area contributed by atoms with Crippen LogP contribution >= 0.6 is 0 Å². The lowest BCUT2D eigenvalue weighted by Gasteiger charge is -2.35. The van der Waals surface area contributed by atoms with Gasteiger partial charge in [0.2, 0.25) is 5.75 Å². The van der Waals surface area contributed by atoms with E-state index in [1.165, 1.54) is 13.2 Å². The van der Waals surface area contributed by atoms with Crippen molar-refractivity contribution in [2.75, 3.05) is 7.11 Å². The first-order valence-corrected chi connectivity index (χ1v) is 5.15. The van der Waals surface area contributed by atoms with Crippen LogP contribution in [0.25, 0.3) is 0 Å². The second kappa shape index (κ2) is 3.60. The van der Waals surface area contributed by atoms with Crippen LogP contribution in [0.5, 0.6) is 17.2 Å². The molecule has 1 aliphatic rings. The summed E-state index contributed by atoms with van der Waals surface area (Å²) < 4.78 is 4.96. The lowest BCUT2D eigenvalue weighted by molar-refractivity contribution is 0.314. The molecule has 0 aliphatic heterocycles. The number of ether oxygens (including phenoxy) is 1. The fourth-order valence-electron chi connectivity index (χ4n) is 2.02. The minimum Gasteiger partial charge on any atom is -0.504 e. The van der Waals surface area contributed by atoms with Gasteiger partial charge >= 0.3 is 0 Å². The maximum Gasteiger partial charge on any atom is 0.200 e. The smallest absolute Gasteiger partial charge is 0.200 e. The second-order valence-electron chi connectivity index (χ2n) is 4.09. The number of phenols is 2. The molecule has 1 saturated carbocycles. The van der Waals surface area contributed by atoms with E-state index in [0.29, 0.717) is 5.56 Å². The Kier molecular flexibility index (Phi) is 2.39. The van der Waals surface area contributed by atoms with Crippen molar-refractivity contribution in [3.8, 4) is 23.3 Å². The van der Waals surface area contributed by atoms with Crippen molar-refractivity contribution in [1.82, 2.24) is 0 Å². The Bertz CT molecular complexity index is 458. The third-order valence-electron chi connectivity index (χ3n) is 3.25. The molecule has 0 heterocycles. The predicted octanol–water partition coefficient (Wildman–Crippen LogP) is 2.05. The fourth-order valence-corrected chi connectivity index (χ4v) is 2.02. The number of aromatic hydroxyl groups is 2. The van der Waals surface area contributed by atoms with Crippen LogP contribution < -0.4 is 4.74 Å². The Hall–Kier alpha value is -1.89. The number of rotatable bonds is 2. The number of benzene rings is 1. The van der Waals surface area contributed by atoms with Crippen LogP contribution in [-0.2, 0) is 5.41 Å². The number of hydrogen-bond donors (Lipinski definition) is 2. The lowest BCUT2D eigenvalue weighted by atomic mass is 9.65. The van der Waals surface area contributed by atoms with E-state index in [-0.39, 0.29) is 17.2 Å². The topological polar surface area (TPSA) is 73.5 Å². The lowest BCUT2D eigenvalue weighted by Crippen LogP contribution is -2.32. The summed E-state index contributed by atoms with van der Waals surface area (Å²) >= 11 is 0. The molecule has 2 N–H and O–H groups in total. The van der Waals surface area contributed by atoms with E-state index in [4.69, 9.17) is 4.74 Å². The molecule has 1 aromatic carbocycles. The molecule has 0 atom stereocenters. The van der Waals surface area contributed by atoms with Crippen LogP contribution in [0.3, 0.4) is 0 Å². The molecule has 1 fully saturated rings. The highest BCUT2D eigenvalue weighted by molar-refractivity contribution is 5.55. The molecule has 0 radical (unpaired) electrons. The minimum absolute atomic E-state index is 0.205. The molecule has 16 heavy (non-hydrogen) atoms. The zero-order valence-electron chi connectivity index (χ0n) is 9.03. The van der Waals surface area contributed by atoms with Gasteiger partial charge in [0.15, 0.2) is 11.5 Å². The van der Waals surface area contributed by atoms with Crippen LogP contribution in [0.15, 0.2) is 12.1 Å². The number of methoxy groups -OCH3 is 1. The van der Waals surface area contributed by atoms with Crippen LogP contribution in [0, 0.1) is 11.3 Å². The van der Waals surface area contributed by atoms with Gasteiger partial charge in [-0.1, -0.05) is 0 Å². The van der Waals surface area contributed by atoms with Crippen molar-refractivity contribution in [1.29, 1.82) is 5.26 Å². The van der Waals surface area contributed by atoms with E-state index in [1.807, 2.05) is 0 Å². The molecule has 0 spiro atoms. The minimum atomic E-state index is -0.515. The molecule has 0 unspecified atom stereocenters. The molecule has 4 nitrogen and oxygen atoms in total. The van der Waals surface area contributed by atoms with Gasteiger partial charge in [0.1, 0.15) is 0 Å². The number of nitrogens with zero attached hydrogens (tertiary/aromatic N) is 1. The summed E-state index contributed by atoms with van der Waals surface area (Å²) in [5.74, 6) is -0.314. The maximum absolute atomic E-state index is 9.55. The highest BCUT2D eigenvalue weighted by Crippen LogP contribution is 2.47. The fraction of sp³-hybridized carbons (Fsp3) is 0.417. The average molecular weight is 219 g/mol. The van der Waals surface area contributed by atoms with Crippen LogP contribution in [0.2, 0.25) is 0 Å². The molecule has 0 aromatic heterocycles. The largest absolute Gasteiger partial charge is 0.504 e. The van der Waals surface area contributed by atoms with Crippen molar-refractivity contribution in [3.05, 3.63) is 17.7 Å². The number of phenolic OH excluding ortho intramolecular Hbond substituents is 2. The Labute approximate surface area is 93.7 Å². The van der Waals surface area contributed by atoms with E-state index in [1.54, 1.807) is 6.07 Å². The normalized spacial score (nSPS) is 17.2. The zero-order chi connectivity index (χ0) is 11.8. The van der Waals surface area contributed by atoms with Gasteiger partial charge < -0.3 is 14.9 Å². The highest BCUT2D eigenvalue weighted by atomic mass is 16.5. The van der Waals surface area contributed by atoms with E-state index in [2.05, 4.69) is 6.07 Å². The first-order chi connectivity index (χ1) is 7.63. The molecule has 2 rings (SSSR count). The highest BCUT2D eigenvalue weighted by Gasteiger charge is 2.40. The van der Waals surface area contributed by atoms with Crippen molar-refractivity contribution in [3.63, 3.8) is 0 Å². The van der Waals surface area contributed by atoms with Crippen molar-refractivity contribution >= 4 is 0 Å². The van der Waals surface area contributed by atoms with E-state index < -0.39 is 5.41 Å². The Morgan fingerprint density at radius 1 is 1.38 bits per heavy atom. The van der Waals surface area contributed by atoms with Crippen molar-refractivity contribution in [2.45, 2.75) is 24.7 Å². The third-order valence-corrected chi connectivity index (χ3v) is 3.25. The van der Waals surface area contributed by atoms with Gasteiger partial charge in [-0.2, -0.15) is 5.26 Å². The summed E-state index contributed by atoms with van der Waals surface area (Å²) in [6, 6.07) is 5.35. The third kappa shape index (κ3) is 1.36. The van der Waals surface area contributed by atoms with Crippen LogP contribution in [0.1, 0.15) is 24.8 Å². The predicted molar refractivity (Wildman–Crippen MR) is 57.5 cm³/mol. The van der Waals surface area contributed by atoms with Gasteiger partial charge in [0.05, 0.1) is 18.6 Å². The van der Waals surface area contributed by atoms with Crippen molar-refractivity contribution < 1.29 is 14.9 Å². The van der Waals surface area contributed by atoms with Gasteiger partial charge in [-0.25, -0.2) is 0 Å². The van der Waals surface area contributed by atoms with Gasteiger partial charge in [-0.3, -0.25) is 0 Å². The standard InChI is InChI=1S/C12H13NO3/c1-16-10-6-8(5-9(14)11(10)15)12(7-13)3-2-4-12/h5-6,14-15H,2-4H2,1H3. The SMILES string of the molecule is COc1cc(C2(C#N)CCC2)cc(O)c1O. The maximum atomic E-state index is 9.55. The van der Waals surface area contributed by atoms with Gasteiger partial charge in [-0.15, -0.1) is 0 Å². The summed E-state index contributed by atoms with van der Waals surface area (Å²) in [6.45, 7) is 0. The molecular formula is C12H13NO3. The Balaban J connectivity index is 2.51.